The molecule has 2 N–H and O–H groups in total. The van der Waals surface area contributed by atoms with Crippen molar-refractivity contribution in [3.8, 4) is 0 Å². The number of aldehydes is 1. The van der Waals surface area contributed by atoms with E-state index in [4.69, 9.17) is 0 Å². The summed E-state index contributed by atoms with van der Waals surface area (Å²) >= 11 is 3.45. The molecule has 0 heterocycles. The standard InChI is InChI=1S/C12H17BrN2O/c1-14-11(8-16)5-3-9-7-10(13)4-6-12(9)15-2/h4,6-8,11,14-15H,3,5H2,1-2H3. The minimum absolute atomic E-state index is 0.0660. The van der Waals surface area contributed by atoms with Crippen molar-refractivity contribution < 1.29 is 4.79 Å². The van der Waals surface area contributed by atoms with Crippen LogP contribution < -0.4 is 10.6 Å². The van der Waals surface area contributed by atoms with E-state index in [0.717, 1.165) is 29.3 Å². The first-order valence-corrected chi connectivity index (χ1v) is 6.09. The van der Waals surface area contributed by atoms with E-state index in [0.29, 0.717) is 0 Å². The van der Waals surface area contributed by atoms with Gasteiger partial charge < -0.3 is 15.4 Å². The summed E-state index contributed by atoms with van der Waals surface area (Å²) in [7, 11) is 3.71. The zero-order valence-corrected chi connectivity index (χ0v) is 11.2. The van der Waals surface area contributed by atoms with Crippen LogP contribution in [-0.2, 0) is 11.2 Å². The molecule has 0 saturated carbocycles. The normalized spacial score (nSPS) is 12.2. The first-order valence-electron chi connectivity index (χ1n) is 5.30. The maximum atomic E-state index is 10.7. The first-order chi connectivity index (χ1) is 7.71. The Morgan fingerprint density at radius 1 is 1.44 bits per heavy atom. The molecule has 0 aromatic heterocycles. The topological polar surface area (TPSA) is 41.1 Å². The summed E-state index contributed by atoms with van der Waals surface area (Å²) in [5.74, 6) is 0. The maximum absolute atomic E-state index is 10.7. The van der Waals surface area contributed by atoms with Crippen LogP contribution in [0, 0.1) is 0 Å². The third-order valence-electron chi connectivity index (χ3n) is 2.60. The summed E-state index contributed by atoms with van der Waals surface area (Å²) in [6.45, 7) is 0. The molecule has 0 aliphatic rings. The Morgan fingerprint density at radius 2 is 2.19 bits per heavy atom. The molecule has 4 heteroatoms. The number of carbonyl (C=O) groups is 1. The minimum Gasteiger partial charge on any atom is -0.388 e. The lowest BCUT2D eigenvalue weighted by Crippen LogP contribution is -2.27. The number of likely N-dealkylation sites (N-methyl/N-ethyl adjacent to an activating group) is 1. The Hall–Kier alpha value is -0.870. The minimum atomic E-state index is -0.0660. The fourth-order valence-electron chi connectivity index (χ4n) is 1.60. The van der Waals surface area contributed by atoms with Gasteiger partial charge in [0, 0.05) is 17.2 Å². The number of benzene rings is 1. The first kappa shape index (κ1) is 13.2. The molecule has 0 aliphatic carbocycles. The lowest BCUT2D eigenvalue weighted by Gasteiger charge is -2.12. The Kier molecular flexibility index (Phi) is 5.49. The molecule has 1 unspecified atom stereocenters. The van der Waals surface area contributed by atoms with Crippen LogP contribution >= 0.6 is 15.9 Å². The van der Waals surface area contributed by atoms with Gasteiger partial charge in [0.25, 0.3) is 0 Å². The Morgan fingerprint density at radius 3 is 2.75 bits per heavy atom. The van der Waals surface area contributed by atoms with Crippen LogP contribution in [0.4, 0.5) is 5.69 Å². The molecule has 0 saturated heterocycles. The zero-order valence-electron chi connectivity index (χ0n) is 9.59. The van der Waals surface area contributed by atoms with Crippen molar-refractivity contribution in [2.75, 3.05) is 19.4 Å². The van der Waals surface area contributed by atoms with Gasteiger partial charge in [0.05, 0.1) is 6.04 Å². The smallest absolute Gasteiger partial charge is 0.136 e. The molecule has 3 nitrogen and oxygen atoms in total. The van der Waals surface area contributed by atoms with Crippen molar-refractivity contribution in [2.45, 2.75) is 18.9 Å². The third-order valence-corrected chi connectivity index (χ3v) is 3.09. The highest BCUT2D eigenvalue weighted by atomic mass is 79.9. The van der Waals surface area contributed by atoms with Gasteiger partial charge in [0.1, 0.15) is 6.29 Å². The number of aryl methyl sites for hydroxylation is 1. The van der Waals surface area contributed by atoms with E-state index in [2.05, 4.69) is 32.6 Å². The second kappa shape index (κ2) is 6.66. The highest BCUT2D eigenvalue weighted by molar-refractivity contribution is 9.10. The molecule has 1 aromatic rings. The number of carbonyl (C=O) groups excluding carboxylic acids is 1. The zero-order chi connectivity index (χ0) is 12.0. The van der Waals surface area contributed by atoms with Crippen LogP contribution in [0.5, 0.6) is 0 Å². The fraction of sp³-hybridized carbons (Fsp3) is 0.417. The average Bonchev–Trinajstić information content (AvgIpc) is 2.30. The Bertz CT molecular complexity index is 355. The van der Waals surface area contributed by atoms with Gasteiger partial charge in [-0.05, 0) is 43.7 Å². The quantitative estimate of drug-likeness (QED) is 0.787. The van der Waals surface area contributed by atoms with Crippen LogP contribution in [-0.4, -0.2) is 26.4 Å². The predicted molar refractivity (Wildman–Crippen MR) is 70.9 cm³/mol. The van der Waals surface area contributed by atoms with Crippen molar-refractivity contribution in [3.63, 3.8) is 0 Å². The van der Waals surface area contributed by atoms with Gasteiger partial charge in [-0.25, -0.2) is 0 Å². The third kappa shape index (κ3) is 3.61. The lowest BCUT2D eigenvalue weighted by molar-refractivity contribution is -0.109. The molecule has 0 bridgehead atoms. The van der Waals surface area contributed by atoms with E-state index in [1.807, 2.05) is 19.2 Å². The number of hydrogen-bond donors (Lipinski definition) is 2. The number of anilines is 1. The summed E-state index contributed by atoms with van der Waals surface area (Å²) in [6, 6.07) is 6.06. The summed E-state index contributed by atoms with van der Waals surface area (Å²) < 4.78 is 1.06. The molecule has 16 heavy (non-hydrogen) atoms. The van der Waals surface area contributed by atoms with Gasteiger partial charge in [0.2, 0.25) is 0 Å². The van der Waals surface area contributed by atoms with E-state index in [-0.39, 0.29) is 6.04 Å². The van der Waals surface area contributed by atoms with E-state index in [9.17, 15) is 4.79 Å². The van der Waals surface area contributed by atoms with Crippen molar-refractivity contribution in [1.29, 1.82) is 0 Å². The molecule has 1 aromatic carbocycles. The summed E-state index contributed by atoms with van der Waals surface area (Å²) in [6.07, 6.45) is 2.64. The SMILES string of the molecule is CNc1ccc(Br)cc1CCC(C=O)NC. The largest absolute Gasteiger partial charge is 0.388 e. The molecular formula is C12H17BrN2O. The highest BCUT2D eigenvalue weighted by Crippen LogP contribution is 2.22. The van der Waals surface area contributed by atoms with E-state index in [1.54, 1.807) is 7.05 Å². The number of nitrogens with one attached hydrogen (secondary N) is 2. The lowest BCUT2D eigenvalue weighted by atomic mass is 10.0. The number of hydrogen-bond acceptors (Lipinski definition) is 3. The van der Waals surface area contributed by atoms with Crippen molar-refractivity contribution >= 4 is 27.9 Å². The second-order valence-electron chi connectivity index (χ2n) is 3.62. The van der Waals surface area contributed by atoms with Gasteiger partial charge in [-0.2, -0.15) is 0 Å². The summed E-state index contributed by atoms with van der Waals surface area (Å²) in [5.41, 5.74) is 2.34. The molecule has 0 amide bonds. The average molecular weight is 285 g/mol. The second-order valence-corrected chi connectivity index (χ2v) is 4.54. The highest BCUT2D eigenvalue weighted by Gasteiger charge is 2.07. The summed E-state index contributed by atoms with van der Waals surface area (Å²) in [5, 5.41) is 6.13. The van der Waals surface area contributed by atoms with Gasteiger partial charge >= 0.3 is 0 Å². The van der Waals surface area contributed by atoms with Gasteiger partial charge in [0.15, 0.2) is 0 Å². The molecule has 0 spiro atoms. The summed E-state index contributed by atoms with van der Waals surface area (Å²) in [4.78, 5) is 10.7. The van der Waals surface area contributed by atoms with Crippen LogP contribution in [0.2, 0.25) is 0 Å². The van der Waals surface area contributed by atoms with E-state index in [1.165, 1.54) is 5.56 Å². The fourth-order valence-corrected chi connectivity index (χ4v) is 2.01. The van der Waals surface area contributed by atoms with Gasteiger partial charge in [-0.3, -0.25) is 0 Å². The van der Waals surface area contributed by atoms with Crippen molar-refractivity contribution in [1.82, 2.24) is 5.32 Å². The monoisotopic (exact) mass is 284 g/mol. The molecule has 1 rings (SSSR count). The number of rotatable bonds is 6. The van der Waals surface area contributed by atoms with E-state index < -0.39 is 0 Å². The van der Waals surface area contributed by atoms with Crippen LogP contribution in [0.25, 0.3) is 0 Å². The van der Waals surface area contributed by atoms with Gasteiger partial charge in [-0.1, -0.05) is 15.9 Å². The molecule has 88 valence electrons. The van der Waals surface area contributed by atoms with Crippen LogP contribution in [0.3, 0.4) is 0 Å². The Balaban J connectivity index is 2.71. The molecule has 0 fully saturated rings. The Labute approximate surface area is 105 Å². The van der Waals surface area contributed by atoms with Crippen LogP contribution in [0.1, 0.15) is 12.0 Å². The molecule has 0 radical (unpaired) electrons. The molecule has 0 aliphatic heterocycles. The van der Waals surface area contributed by atoms with Crippen molar-refractivity contribution in [2.24, 2.45) is 0 Å². The van der Waals surface area contributed by atoms with Crippen LogP contribution in [0.15, 0.2) is 22.7 Å². The maximum Gasteiger partial charge on any atom is 0.136 e. The molecular weight excluding hydrogens is 268 g/mol. The van der Waals surface area contributed by atoms with Gasteiger partial charge in [-0.15, -0.1) is 0 Å². The predicted octanol–water partition coefficient (Wildman–Crippen LogP) is 2.21. The van der Waals surface area contributed by atoms with Crippen molar-refractivity contribution in [3.05, 3.63) is 28.2 Å². The molecule has 1 atom stereocenters. The number of halogens is 1. The van der Waals surface area contributed by atoms with E-state index >= 15 is 0 Å².